The molecule has 9 heteroatoms. The number of hydrogen-bond donors (Lipinski definition) is 4. The van der Waals surface area contributed by atoms with Gasteiger partial charge in [0, 0.05) is 24.5 Å². The summed E-state index contributed by atoms with van der Waals surface area (Å²) in [6.07, 6.45) is 0.995. The Morgan fingerprint density at radius 1 is 0.914 bits per heavy atom. The van der Waals surface area contributed by atoms with Crippen molar-refractivity contribution in [1.82, 2.24) is 4.90 Å². The van der Waals surface area contributed by atoms with E-state index in [1.807, 2.05) is 54.6 Å². The summed E-state index contributed by atoms with van der Waals surface area (Å²) in [4.78, 5) is 31.6. The number of aliphatic imine (C=N–C) groups is 1. The molecule has 0 radical (unpaired) electrons. The minimum atomic E-state index is -0.885. The highest BCUT2D eigenvalue weighted by atomic mass is 35.5. The van der Waals surface area contributed by atoms with Crippen molar-refractivity contribution >= 4 is 40.1 Å². The number of nitrogens with two attached hydrogens (primary N) is 4. The third-order valence-electron chi connectivity index (χ3n) is 5.82. The second-order valence-electron chi connectivity index (χ2n) is 8.39. The minimum Gasteiger partial charge on any atom is -0.370 e. The summed E-state index contributed by atoms with van der Waals surface area (Å²) < 4.78 is 0. The normalized spacial score (nSPS) is 12.6. The minimum absolute atomic E-state index is 0.0375. The van der Waals surface area contributed by atoms with Crippen molar-refractivity contribution in [2.24, 2.45) is 27.9 Å². The Balaban J connectivity index is 1.87. The maximum absolute atomic E-state index is 13.5. The predicted molar refractivity (Wildman–Crippen MR) is 141 cm³/mol. The number of nitrogens with zero attached hydrogens (tertiary/aromatic N) is 2. The highest BCUT2D eigenvalue weighted by Crippen LogP contribution is 2.22. The first-order valence-corrected chi connectivity index (χ1v) is 11.8. The fourth-order valence-electron chi connectivity index (χ4n) is 4.09. The van der Waals surface area contributed by atoms with E-state index in [4.69, 9.17) is 34.5 Å². The molecule has 0 aliphatic carbocycles. The molecule has 0 spiro atoms. The third-order valence-corrected chi connectivity index (χ3v) is 6.07. The predicted octanol–water partition coefficient (Wildman–Crippen LogP) is 1.95. The van der Waals surface area contributed by atoms with E-state index in [2.05, 4.69) is 4.99 Å². The zero-order valence-electron chi connectivity index (χ0n) is 19.4. The van der Waals surface area contributed by atoms with Crippen LogP contribution in [0.5, 0.6) is 0 Å². The van der Waals surface area contributed by atoms with E-state index in [-0.39, 0.29) is 24.8 Å². The quantitative estimate of drug-likeness (QED) is 0.182. The number of guanidine groups is 1. The molecule has 8 nitrogen and oxygen atoms in total. The lowest BCUT2D eigenvalue weighted by atomic mass is 9.96. The molecule has 35 heavy (non-hydrogen) atoms. The first-order valence-electron chi connectivity index (χ1n) is 11.4. The van der Waals surface area contributed by atoms with E-state index in [0.717, 1.165) is 21.9 Å². The standard InChI is InChI=1S/C26H31ClN6O2/c27-20-11-9-17(10-12-20)15-22(28)25(35)33(14-4-13-32-26(30)31)23(24(29)34)16-19-7-3-6-18-5-1-2-8-21(18)19/h1-3,5-12,22-23H,4,13-16,28H2,(H2,29,34)(H4,30,31,32). The van der Waals surface area contributed by atoms with E-state index in [9.17, 15) is 9.59 Å². The van der Waals surface area contributed by atoms with Crippen LogP contribution in [0.15, 0.2) is 71.7 Å². The number of benzene rings is 3. The lowest BCUT2D eigenvalue weighted by Gasteiger charge is -2.32. The third kappa shape index (κ3) is 7.18. The molecule has 0 saturated carbocycles. The fourth-order valence-corrected chi connectivity index (χ4v) is 4.21. The average molecular weight is 495 g/mol. The highest BCUT2D eigenvalue weighted by Gasteiger charge is 2.31. The molecule has 8 N–H and O–H groups in total. The van der Waals surface area contributed by atoms with Crippen LogP contribution >= 0.6 is 11.6 Å². The van der Waals surface area contributed by atoms with E-state index in [1.54, 1.807) is 12.1 Å². The van der Waals surface area contributed by atoms with Gasteiger partial charge < -0.3 is 27.8 Å². The van der Waals surface area contributed by atoms with Gasteiger partial charge in [-0.25, -0.2) is 0 Å². The highest BCUT2D eigenvalue weighted by molar-refractivity contribution is 6.30. The van der Waals surface area contributed by atoms with Gasteiger partial charge in [-0.1, -0.05) is 66.2 Å². The van der Waals surface area contributed by atoms with Crippen molar-refractivity contribution in [3.8, 4) is 0 Å². The Labute approximate surface area is 209 Å². The Hall–Kier alpha value is -3.62. The summed E-state index contributed by atoms with van der Waals surface area (Å²) in [5, 5.41) is 2.64. The molecule has 0 bridgehead atoms. The first kappa shape index (κ1) is 26.0. The monoisotopic (exact) mass is 494 g/mol. The number of rotatable bonds is 11. The van der Waals surface area contributed by atoms with Crippen molar-refractivity contribution in [2.45, 2.75) is 31.3 Å². The summed E-state index contributed by atoms with van der Waals surface area (Å²) in [5.41, 5.74) is 24.8. The van der Waals surface area contributed by atoms with Crippen LogP contribution in [0, 0.1) is 0 Å². The fraction of sp³-hybridized carbons (Fsp3) is 0.269. The number of halogens is 1. The van der Waals surface area contributed by atoms with Gasteiger partial charge in [0.25, 0.3) is 0 Å². The van der Waals surface area contributed by atoms with E-state index in [1.165, 1.54) is 4.90 Å². The molecule has 2 unspecified atom stereocenters. The molecule has 0 fully saturated rings. The largest absolute Gasteiger partial charge is 0.370 e. The second kappa shape index (κ2) is 12.2. The molecule has 0 aliphatic rings. The summed E-state index contributed by atoms with van der Waals surface area (Å²) in [7, 11) is 0. The van der Waals surface area contributed by atoms with Crippen LogP contribution < -0.4 is 22.9 Å². The second-order valence-corrected chi connectivity index (χ2v) is 8.83. The number of carbonyl (C=O) groups excluding carboxylic acids is 2. The molecule has 3 rings (SSSR count). The molecule has 0 saturated heterocycles. The molecular formula is C26H31ClN6O2. The average Bonchev–Trinajstić information content (AvgIpc) is 2.83. The SMILES string of the molecule is NC(=O)C(Cc1cccc2ccccc12)N(CCCN=C(N)N)C(=O)C(N)Cc1ccc(Cl)cc1. The van der Waals surface area contributed by atoms with Crippen LogP contribution in [0.3, 0.4) is 0 Å². The lowest BCUT2D eigenvalue weighted by Crippen LogP contribution is -2.55. The maximum Gasteiger partial charge on any atom is 0.240 e. The van der Waals surface area contributed by atoms with Gasteiger partial charge >= 0.3 is 0 Å². The maximum atomic E-state index is 13.5. The molecule has 0 aliphatic heterocycles. The van der Waals surface area contributed by atoms with E-state index >= 15 is 0 Å². The number of fused-ring (bicyclic) bond motifs is 1. The van der Waals surface area contributed by atoms with E-state index in [0.29, 0.717) is 24.4 Å². The molecule has 2 atom stereocenters. The molecule has 3 aromatic rings. The van der Waals surface area contributed by atoms with Gasteiger partial charge in [0.15, 0.2) is 5.96 Å². The van der Waals surface area contributed by atoms with Gasteiger partial charge in [-0.2, -0.15) is 0 Å². The van der Waals surface area contributed by atoms with Crippen LogP contribution in [0.25, 0.3) is 10.8 Å². The van der Waals surface area contributed by atoms with Gasteiger partial charge in [-0.05, 0) is 46.9 Å². The van der Waals surface area contributed by atoms with Crippen LogP contribution in [0.2, 0.25) is 5.02 Å². The molecule has 0 heterocycles. The summed E-state index contributed by atoms with van der Waals surface area (Å²) in [5.74, 6) is -1.01. The van der Waals surface area contributed by atoms with Crippen LogP contribution in [-0.2, 0) is 22.4 Å². The van der Waals surface area contributed by atoms with Gasteiger partial charge in [-0.3, -0.25) is 14.6 Å². The molecule has 3 aromatic carbocycles. The van der Waals surface area contributed by atoms with Crippen molar-refractivity contribution in [3.63, 3.8) is 0 Å². The summed E-state index contributed by atoms with van der Waals surface area (Å²) in [6.45, 7) is 0.528. The van der Waals surface area contributed by atoms with Gasteiger partial charge in [0.05, 0.1) is 6.04 Å². The van der Waals surface area contributed by atoms with E-state index < -0.39 is 18.0 Å². The van der Waals surface area contributed by atoms with Gasteiger partial charge in [0.2, 0.25) is 11.8 Å². The van der Waals surface area contributed by atoms with Crippen molar-refractivity contribution in [1.29, 1.82) is 0 Å². The van der Waals surface area contributed by atoms with Crippen molar-refractivity contribution < 1.29 is 9.59 Å². The van der Waals surface area contributed by atoms with Crippen LogP contribution in [0.1, 0.15) is 17.5 Å². The van der Waals surface area contributed by atoms with Crippen molar-refractivity contribution in [2.75, 3.05) is 13.1 Å². The zero-order chi connectivity index (χ0) is 25.4. The van der Waals surface area contributed by atoms with Crippen LogP contribution in [-0.4, -0.2) is 47.8 Å². The molecule has 2 amide bonds. The molecule has 0 aromatic heterocycles. The zero-order valence-corrected chi connectivity index (χ0v) is 20.2. The number of amides is 2. The lowest BCUT2D eigenvalue weighted by molar-refractivity contribution is -0.140. The Morgan fingerprint density at radius 3 is 2.29 bits per heavy atom. The number of primary amides is 1. The van der Waals surface area contributed by atoms with Crippen molar-refractivity contribution in [3.05, 3.63) is 82.9 Å². The summed E-state index contributed by atoms with van der Waals surface area (Å²) in [6, 6.07) is 19.1. The van der Waals surface area contributed by atoms with Gasteiger partial charge in [0.1, 0.15) is 6.04 Å². The molecular weight excluding hydrogens is 464 g/mol. The Morgan fingerprint density at radius 2 is 1.60 bits per heavy atom. The Bertz CT molecular complexity index is 1190. The van der Waals surface area contributed by atoms with Gasteiger partial charge in [-0.15, -0.1) is 0 Å². The Kier molecular flexibility index (Phi) is 9.05. The topological polar surface area (TPSA) is 154 Å². The molecule has 184 valence electrons. The number of carbonyl (C=O) groups is 2. The first-order chi connectivity index (χ1) is 16.8. The number of hydrogen-bond acceptors (Lipinski definition) is 4. The smallest absolute Gasteiger partial charge is 0.240 e. The summed E-state index contributed by atoms with van der Waals surface area (Å²) >= 11 is 5.96. The van der Waals surface area contributed by atoms with Crippen LogP contribution in [0.4, 0.5) is 0 Å².